The molecule has 0 N–H and O–H groups in total. The van der Waals surface area contributed by atoms with Gasteiger partial charge in [-0.25, -0.2) is 9.59 Å². The van der Waals surface area contributed by atoms with E-state index in [9.17, 15) is 9.59 Å². The third-order valence-electron chi connectivity index (χ3n) is 5.52. The van der Waals surface area contributed by atoms with Crippen molar-refractivity contribution >= 4 is 11.9 Å². The number of carbonyl (C=O) groups is 2. The van der Waals surface area contributed by atoms with Crippen molar-refractivity contribution in [2.45, 2.75) is 155 Å². The molecule has 190 valence electrons. The van der Waals surface area contributed by atoms with Gasteiger partial charge in [0.05, 0.1) is 0 Å². The SMILES string of the molecule is CCCCCCCCC(=O)OOC(C)(C)CCC(C)(C)OOC(=O)CCCCCCCC. The molecule has 0 aromatic rings. The van der Waals surface area contributed by atoms with Crippen molar-refractivity contribution in [3.8, 4) is 0 Å². The maximum Gasteiger partial charge on any atom is 0.342 e. The normalized spacial score (nSPS) is 12.1. The van der Waals surface area contributed by atoms with Crippen molar-refractivity contribution in [3.63, 3.8) is 0 Å². The average molecular weight is 459 g/mol. The highest BCUT2D eigenvalue weighted by Crippen LogP contribution is 2.25. The monoisotopic (exact) mass is 458 g/mol. The molecule has 0 aliphatic carbocycles. The second-order valence-electron chi connectivity index (χ2n) is 10.1. The van der Waals surface area contributed by atoms with Crippen molar-refractivity contribution in [1.29, 1.82) is 0 Å². The summed E-state index contributed by atoms with van der Waals surface area (Å²) in [5.41, 5.74) is -1.31. The van der Waals surface area contributed by atoms with Gasteiger partial charge < -0.3 is 0 Å². The molecular weight excluding hydrogens is 408 g/mol. The molecule has 0 spiro atoms. The van der Waals surface area contributed by atoms with E-state index in [1.165, 1.54) is 38.5 Å². The minimum Gasteiger partial charge on any atom is -0.298 e. The molecule has 0 radical (unpaired) electrons. The Morgan fingerprint density at radius 1 is 0.531 bits per heavy atom. The third kappa shape index (κ3) is 19.5. The van der Waals surface area contributed by atoms with Crippen LogP contribution in [0.2, 0.25) is 0 Å². The summed E-state index contributed by atoms with van der Waals surface area (Å²) in [6, 6.07) is 0. The first-order chi connectivity index (χ1) is 15.1. The van der Waals surface area contributed by atoms with Crippen molar-refractivity contribution in [2.24, 2.45) is 0 Å². The van der Waals surface area contributed by atoms with E-state index in [0.29, 0.717) is 25.7 Å². The predicted octanol–water partition coefficient (Wildman–Crippen LogP) is 7.77. The van der Waals surface area contributed by atoms with Crippen molar-refractivity contribution in [3.05, 3.63) is 0 Å². The lowest BCUT2D eigenvalue weighted by Crippen LogP contribution is -2.32. The van der Waals surface area contributed by atoms with Crippen LogP contribution in [0.5, 0.6) is 0 Å². The van der Waals surface area contributed by atoms with Crippen molar-refractivity contribution < 1.29 is 29.1 Å². The zero-order valence-electron chi connectivity index (χ0n) is 21.8. The standard InChI is InChI=1S/C26H50O6/c1-7-9-11-13-15-17-19-23(27)29-31-25(3,4)21-22-26(5,6)32-30-24(28)20-18-16-14-12-10-8-2/h7-22H2,1-6H3. The zero-order valence-corrected chi connectivity index (χ0v) is 21.8. The van der Waals surface area contributed by atoms with Crippen molar-refractivity contribution in [2.75, 3.05) is 0 Å². The number of carbonyl (C=O) groups excluding carboxylic acids is 2. The van der Waals surface area contributed by atoms with Crippen LogP contribution < -0.4 is 0 Å². The molecule has 0 aromatic heterocycles. The highest BCUT2D eigenvalue weighted by atomic mass is 17.2. The lowest BCUT2D eigenvalue weighted by atomic mass is 9.94. The second-order valence-corrected chi connectivity index (χ2v) is 10.1. The first kappa shape index (κ1) is 30.9. The Morgan fingerprint density at radius 2 is 0.844 bits per heavy atom. The summed E-state index contributed by atoms with van der Waals surface area (Å²) in [7, 11) is 0. The van der Waals surface area contributed by atoms with Crippen LogP contribution in [0.3, 0.4) is 0 Å². The maximum absolute atomic E-state index is 11.9. The molecule has 6 nitrogen and oxygen atoms in total. The Balaban J connectivity index is 3.97. The summed E-state index contributed by atoms with van der Waals surface area (Å²) < 4.78 is 0. The second kappa shape index (κ2) is 18.3. The molecule has 0 atom stereocenters. The summed E-state index contributed by atoms with van der Waals surface area (Å²) in [5, 5.41) is 0. The van der Waals surface area contributed by atoms with Gasteiger partial charge in [0, 0.05) is 12.8 Å². The smallest absolute Gasteiger partial charge is 0.298 e. The number of rotatable bonds is 21. The quantitative estimate of drug-likeness (QED) is 0.0993. The van der Waals surface area contributed by atoms with E-state index in [-0.39, 0.29) is 11.9 Å². The van der Waals surface area contributed by atoms with Crippen molar-refractivity contribution in [1.82, 2.24) is 0 Å². The molecule has 0 fully saturated rings. The van der Waals surface area contributed by atoms with Gasteiger partial charge in [-0.1, -0.05) is 78.1 Å². The van der Waals surface area contributed by atoms with E-state index in [1.807, 2.05) is 27.7 Å². The van der Waals surface area contributed by atoms with Gasteiger partial charge in [0.1, 0.15) is 11.2 Å². The summed E-state index contributed by atoms with van der Waals surface area (Å²) in [6.07, 6.45) is 15.4. The van der Waals surface area contributed by atoms with E-state index < -0.39 is 11.2 Å². The summed E-state index contributed by atoms with van der Waals surface area (Å²) in [6.45, 7) is 11.8. The molecule has 0 bridgehead atoms. The van der Waals surface area contributed by atoms with E-state index in [1.54, 1.807) is 0 Å². The first-order valence-electron chi connectivity index (χ1n) is 12.9. The molecule has 0 heterocycles. The lowest BCUT2D eigenvalue weighted by molar-refractivity contribution is -0.340. The Kier molecular flexibility index (Phi) is 17.7. The van der Waals surface area contributed by atoms with Gasteiger partial charge >= 0.3 is 11.9 Å². The van der Waals surface area contributed by atoms with E-state index >= 15 is 0 Å². The van der Waals surface area contributed by atoms with Crippen LogP contribution in [0, 0.1) is 0 Å². The molecule has 0 aliphatic rings. The number of hydrogen-bond donors (Lipinski definition) is 0. The third-order valence-corrected chi connectivity index (χ3v) is 5.52. The summed E-state index contributed by atoms with van der Waals surface area (Å²) >= 11 is 0. The van der Waals surface area contributed by atoms with Crippen LogP contribution in [-0.2, 0) is 29.1 Å². The summed E-state index contributed by atoms with van der Waals surface area (Å²) in [5.74, 6) is -0.652. The van der Waals surface area contributed by atoms with Crippen LogP contribution in [0.1, 0.15) is 144 Å². The van der Waals surface area contributed by atoms with Gasteiger partial charge in [0.25, 0.3) is 0 Å². The first-order valence-corrected chi connectivity index (χ1v) is 12.9. The Labute approximate surface area is 196 Å². The fourth-order valence-corrected chi connectivity index (χ4v) is 3.19. The van der Waals surface area contributed by atoms with Crippen LogP contribution in [0.15, 0.2) is 0 Å². The van der Waals surface area contributed by atoms with Crippen LogP contribution in [-0.4, -0.2) is 23.1 Å². The highest BCUT2D eigenvalue weighted by molar-refractivity contribution is 5.68. The topological polar surface area (TPSA) is 71.1 Å². The molecule has 6 heteroatoms. The molecule has 32 heavy (non-hydrogen) atoms. The predicted molar refractivity (Wildman–Crippen MR) is 128 cm³/mol. The van der Waals surface area contributed by atoms with Gasteiger partial charge in [-0.05, 0) is 53.4 Å². The molecule has 0 aromatic carbocycles. The van der Waals surface area contributed by atoms with E-state index in [0.717, 1.165) is 38.5 Å². The van der Waals surface area contributed by atoms with E-state index in [2.05, 4.69) is 13.8 Å². The number of hydrogen-bond acceptors (Lipinski definition) is 6. The molecule has 0 saturated carbocycles. The zero-order chi connectivity index (χ0) is 24.3. The van der Waals surface area contributed by atoms with Gasteiger partial charge in [-0.2, -0.15) is 9.78 Å². The Bertz CT molecular complexity index is 443. The molecule has 0 unspecified atom stereocenters. The molecule has 0 rings (SSSR count). The van der Waals surface area contributed by atoms with Crippen LogP contribution >= 0.6 is 0 Å². The largest absolute Gasteiger partial charge is 0.342 e. The molecular formula is C26H50O6. The van der Waals surface area contributed by atoms with Gasteiger partial charge in [-0.15, -0.1) is 0 Å². The fraction of sp³-hybridized carbons (Fsp3) is 0.923. The lowest BCUT2D eigenvalue weighted by Gasteiger charge is -2.28. The van der Waals surface area contributed by atoms with Crippen LogP contribution in [0.4, 0.5) is 0 Å². The summed E-state index contributed by atoms with van der Waals surface area (Å²) in [4.78, 5) is 44.6. The Morgan fingerprint density at radius 3 is 1.19 bits per heavy atom. The highest BCUT2D eigenvalue weighted by Gasteiger charge is 2.29. The molecule has 0 amide bonds. The minimum absolute atomic E-state index is 0.326. The molecule has 0 saturated heterocycles. The van der Waals surface area contributed by atoms with Gasteiger partial charge in [0.15, 0.2) is 0 Å². The average Bonchev–Trinajstić information content (AvgIpc) is 2.75. The Hall–Kier alpha value is -1.14. The fourth-order valence-electron chi connectivity index (χ4n) is 3.19. The van der Waals surface area contributed by atoms with Crippen LogP contribution in [0.25, 0.3) is 0 Å². The van der Waals surface area contributed by atoms with Gasteiger partial charge in [-0.3, -0.25) is 9.78 Å². The molecule has 0 aliphatic heterocycles. The maximum atomic E-state index is 11.9. The minimum atomic E-state index is -0.653. The number of unbranched alkanes of at least 4 members (excludes halogenated alkanes) is 10. The van der Waals surface area contributed by atoms with Gasteiger partial charge in [0.2, 0.25) is 0 Å². The van der Waals surface area contributed by atoms with E-state index in [4.69, 9.17) is 19.6 Å².